The van der Waals surface area contributed by atoms with Gasteiger partial charge in [0.15, 0.2) is 0 Å². The molecule has 0 unspecified atom stereocenters. The van der Waals surface area contributed by atoms with Crippen LogP contribution < -0.4 is 10.6 Å². The Morgan fingerprint density at radius 2 is 2.19 bits per heavy atom. The zero-order chi connectivity index (χ0) is 12.0. The first-order valence-electron chi connectivity index (χ1n) is 5.66. The van der Waals surface area contributed by atoms with Crippen molar-refractivity contribution in [2.75, 3.05) is 23.8 Å². The van der Waals surface area contributed by atoms with Gasteiger partial charge < -0.3 is 15.7 Å². The third kappa shape index (κ3) is 4.06. The molecule has 0 amide bonds. The number of aliphatic hydroxyl groups excluding tert-OH is 1. The highest BCUT2D eigenvalue weighted by Crippen LogP contribution is 2.17. The monoisotopic (exact) mass is 223 g/mol. The van der Waals surface area contributed by atoms with Gasteiger partial charge in [-0.05, 0) is 26.3 Å². The highest BCUT2D eigenvalue weighted by atomic mass is 16.3. The van der Waals surface area contributed by atoms with Gasteiger partial charge in [0.1, 0.15) is 5.82 Å². The molecule has 4 heteroatoms. The first kappa shape index (κ1) is 12.8. The van der Waals surface area contributed by atoms with E-state index >= 15 is 0 Å². The molecule has 1 rings (SSSR count). The van der Waals surface area contributed by atoms with E-state index in [1.807, 2.05) is 26.0 Å². The predicted octanol–water partition coefficient (Wildman–Crippen LogP) is 2.09. The van der Waals surface area contributed by atoms with E-state index in [1.54, 1.807) is 6.20 Å². The Labute approximate surface area is 97.1 Å². The Kier molecular flexibility index (Phi) is 4.55. The summed E-state index contributed by atoms with van der Waals surface area (Å²) in [4.78, 5) is 4.22. The van der Waals surface area contributed by atoms with Crippen molar-refractivity contribution in [2.24, 2.45) is 0 Å². The van der Waals surface area contributed by atoms with Gasteiger partial charge in [0.2, 0.25) is 0 Å². The molecule has 3 N–H and O–H groups in total. The van der Waals surface area contributed by atoms with E-state index in [2.05, 4.69) is 22.5 Å². The Morgan fingerprint density at radius 3 is 2.81 bits per heavy atom. The quantitative estimate of drug-likeness (QED) is 0.691. The molecule has 4 nitrogen and oxygen atoms in total. The maximum atomic E-state index is 9.17. The Hall–Kier alpha value is -1.29. The van der Waals surface area contributed by atoms with E-state index < -0.39 is 0 Å². The molecular formula is C12H21N3O. The number of rotatable bonds is 6. The third-order valence-electron chi connectivity index (χ3n) is 2.19. The van der Waals surface area contributed by atoms with Crippen molar-refractivity contribution in [2.45, 2.75) is 32.7 Å². The second-order valence-corrected chi connectivity index (χ2v) is 4.52. The maximum Gasteiger partial charge on any atom is 0.127 e. The fraction of sp³-hybridized carbons (Fsp3) is 0.583. The van der Waals surface area contributed by atoms with Crippen molar-refractivity contribution in [3.63, 3.8) is 0 Å². The number of nitrogens with zero attached hydrogens (tertiary/aromatic N) is 1. The molecule has 0 radical (unpaired) electrons. The lowest BCUT2D eigenvalue weighted by molar-refractivity contribution is 0.234. The molecule has 0 spiro atoms. The van der Waals surface area contributed by atoms with Crippen LogP contribution in [0.15, 0.2) is 18.3 Å². The van der Waals surface area contributed by atoms with E-state index in [0.717, 1.165) is 24.5 Å². The summed E-state index contributed by atoms with van der Waals surface area (Å²) in [5.74, 6) is 0.862. The summed E-state index contributed by atoms with van der Waals surface area (Å²) in [6.45, 7) is 7.02. The molecule has 0 fully saturated rings. The van der Waals surface area contributed by atoms with Crippen molar-refractivity contribution in [1.82, 2.24) is 4.98 Å². The van der Waals surface area contributed by atoms with E-state index in [1.165, 1.54) is 0 Å². The van der Waals surface area contributed by atoms with Crippen molar-refractivity contribution >= 4 is 11.5 Å². The van der Waals surface area contributed by atoms with E-state index in [4.69, 9.17) is 0 Å². The highest BCUT2D eigenvalue weighted by molar-refractivity contribution is 5.53. The summed E-state index contributed by atoms with van der Waals surface area (Å²) in [5, 5.41) is 15.7. The lowest BCUT2D eigenvalue weighted by atomic mass is 10.1. The number of anilines is 2. The van der Waals surface area contributed by atoms with Crippen molar-refractivity contribution in [3.05, 3.63) is 18.3 Å². The zero-order valence-electron chi connectivity index (χ0n) is 10.2. The molecular weight excluding hydrogens is 202 g/mol. The number of hydrogen-bond donors (Lipinski definition) is 3. The average molecular weight is 223 g/mol. The van der Waals surface area contributed by atoms with Gasteiger partial charge in [-0.3, -0.25) is 0 Å². The molecule has 16 heavy (non-hydrogen) atoms. The van der Waals surface area contributed by atoms with Gasteiger partial charge in [-0.25, -0.2) is 4.98 Å². The minimum Gasteiger partial charge on any atom is -0.394 e. The standard InChI is InChI=1S/C12H21N3O/c1-4-6-13-11-8-10(5-7-14-11)15-12(2,3)9-16/h5,7-8,16H,4,6,9H2,1-3H3,(H2,13,14,15). The number of aliphatic hydroxyl groups is 1. The summed E-state index contributed by atoms with van der Waals surface area (Å²) in [6.07, 6.45) is 2.83. The van der Waals surface area contributed by atoms with Crippen LogP contribution in [-0.2, 0) is 0 Å². The van der Waals surface area contributed by atoms with Crippen molar-refractivity contribution < 1.29 is 5.11 Å². The van der Waals surface area contributed by atoms with Gasteiger partial charge >= 0.3 is 0 Å². The van der Waals surface area contributed by atoms with Gasteiger partial charge in [0.05, 0.1) is 12.1 Å². The summed E-state index contributed by atoms with van der Waals surface area (Å²) in [7, 11) is 0. The molecule has 0 atom stereocenters. The minimum atomic E-state index is -0.316. The van der Waals surface area contributed by atoms with Crippen LogP contribution in [0.25, 0.3) is 0 Å². The lowest BCUT2D eigenvalue weighted by Gasteiger charge is -2.25. The molecule has 0 aromatic carbocycles. The Balaban J connectivity index is 2.67. The Morgan fingerprint density at radius 1 is 1.44 bits per heavy atom. The number of hydrogen-bond acceptors (Lipinski definition) is 4. The summed E-state index contributed by atoms with van der Waals surface area (Å²) in [5.41, 5.74) is 0.649. The third-order valence-corrected chi connectivity index (χ3v) is 2.19. The van der Waals surface area contributed by atoms with Gasteiger partial charge in [-0.1, -0.05) is 6.92 Å². The minimum absolute atomic E-state index is 0.0903. The molecule has 1 aromatic heterocycles. The number of nitrogens with one attached hydrogen (secondary N) is 2. The first-order chi connectivity index (χ1) is 7.57. The Bertz CT molecular complexity index is 326. The number of aromatic nitrogens is 1. The lowest BCUT2D eigenvalue weighted by Crippen LogP contribution is -2.34. The van der Waals surface area contributed by atoms with E-state index in [9.17, 15) is 5.11 Å². The predicted molar refractivity (Wildman–Crippen MR) is 67.8 cm³/mol. The maximum absolute atomic E-state index is 9.17. The SMILES string of the molecule is CCCNc1cc(NC(C)(C)CO)ccn1. The molecule has 0 aliphatic rings. The van der Waals surface area contributed by atoms with Crippen LogP contribution in [0.1, 0.15) is 27.2 Å². The van der Waals surface area contributed by atoms with Crippen LogP contribution >= 0.6 is 0 Å². The van der Waals surface area contributed by atoms with Crippen molar-refractivity contribution in [1.29, 1.82) is 0 Å². The average Bonchev–Trinajstić information content (AvgIpc) is 2.26. The fourth-order valence-electron chi connectivity index (χ4n) is 1.29. The molecule has 1 heterocycles. The highest BCUT2D eigenvalue weighted by Gasteiger charge is 2.15. The second kappa shape index (κ2) is 5.70. The largest absolute Gasteiger partial charge is 0.394 e. The van der Waals surface area contributed by atoms with E-state index in [0.29, 0.717) is 0 Å². The van der Waals surface area contributed by atoms with Crippen LogP contribution in [0.2, 0.25) is 0 Å². The van der Waals surface area contributed by atoms with Crippen LogP contribution in [0.5, 0.6) is 0 Å². The van der Waals surface area contributed by atoms with Gasteiger partial charge in [0, 0.05) is 24.5 Å². The second-order valence-electron chi connectivity index (χ2n) is 4.52. The molecule has 0 bridgehead atoms. The van der Waals surface area contributed by atoms with Gasteiger partial charge in [0.25, 0.3) is 0 Å². The van der Waals surface area contributed by atoms with Crippen LogP contribution in [0.3, 0.4) is 0 Å². The fourth-order valence-corrected chi connectivity index (χ4v) is 1.29. The smallest absolute Gasteiger partial charge is 0.127 e. The number of pyridine rings is 1. The molecule has 1 aromatic rings. The van der Waals surface area contributed by atoms with Crippen LogP contribution in [0, 0.1) is 0 Å². The van der Waals surface area contributed by atoms with Crippen LogP contribution in [-0.4, -0.2) is 28.8 Å². The van der Waals surface area contributed by atoms with E-state index in [-0.39, 0.29) is 12.1 Å². The zero-order valence-corrected chi connectivity index (χ0v) is 10.2. The van der Waals surface area contributed by atoms with Crippen LogP contribution in [0.4, 0.5) is 11.5 Å². The first-order valence-corrected chi connectivity index (χ1v) is 5.66. The molecule has 0 aliphatic carbocycles. The summed E-state index contributed by atoms with van der Waals surface area (Å²) in [6, 6.07) is 3.85. The normalized spacial score (nSPS) is 11.2. The summed E-state index contributed by atoms with van der Waals surface area (Å²) >= 11 is 0. The summed E-state index contributed by atoms with van der Waals surface area (Å²) < 4.78 is 0. The molecule has 0 saturated carbocycles. The molecule has 90 valence electrons. The van der Waals surface area contributed by atoms with Gasteiger partial charge in [-0.15, -0.1) is 0 Å². The molecule has 0 aliphatic heterocycles. The van der Waals surface area contributed by atoms with Crippen molar-refractivity contribution in [3.8, 4) is 0 Å². The van der Waals surface area contributed by atoms with Gasteiger partial charge in [-0.2, -0.15) is 0 Å². The topological polar surface area (TPSA) is 57.2 Å². The molecule has 0 saturated heterocycles.